The van der Waals surface area contributed by atoms with E-state index in [9.17, 15) is 0 Å². The van der Waals surface area contributed by atoms with Gasteiger partial charge in [-0.2, -0.15) is 0 Å². The Bertz CT molecular complexity index is 3920. The van der Waals surface area contributed by atoms with Crippen molar-refractivity contribution in [3.05, 3.63) is 261 Å². The first-order valence-corrected chi connectivity index (χ1v) is 23.0. The zero-order chi connectivity index (χ0) is 44.3. The van der Waals surface area contributed by atoms with Gasteiger partial charge in [0, 0.05) is 50.0 Å². The van der Waals surface area contributed by atoms with Crippen molar-refractivity contribution in [3.63, 3.8) is 0 Å². The molecule has 0 bridgehead atoms. The molecule has 0 amide bonds. The molecule has 0 spiro atoms. The highest BCUT2D eigenvalue weighted by Crippen LogP contribution is 2.45. The Morgan fingerprint density at radius 3 is 1.34 bits per heavy atom. The average Bonchev–Trinajstić information content (AvgIpc) is 3.92. The molecule has 0 N–H and O–H groups in total. The van der Waals surface area contributed by atoms with Crippen LogP contribution in [0.25, 0.3) is 99.1 Å². The van der Waals surface area contributed by atoms with E-state index in [4.69, 9.17) is 0 Å². The van der Waals surface area contributed by atoms with Crippen molar-refractivity contribution in [2.75, 3.05) is 4.90 Å². The summed E-state index contributed by atoms with van der Waals surface area (Å²) < 4.78 is 4.83. The van der Waals surface area contributed by atoms with Crippen LogP contribution in [0.15, 0.2) is 261 Å². The maximum atomic E-state index is 2.44. The molecule has 314 valence electrons. The molecule has 3 nitrogen and oxygen atoms in total. The first kappa shape index (κ1) is 38.5. The number of para-hydroxylation sites is 6. The van der Waals surface area contributed by atoms with Gasteiger partial charge in [-0.05, 0) is 153 Å². The van der Waals surface area contributed by atoms with E-state index in [1.165, 1.54) is 65.5 Å². The molecule has 0 atom stereocenters. The van der Waals surface area contributed by atoms with Gasteiger partial charge >= 0.3 is 0 Å². The van der Waals surface area contributed by atoms with Crippen molar-refractivity contribution < 1.29 is 0 Å². The van der Waals surface area contributed by atoms with E-state index < -0.39 is 0 Å². The van der Waals surface area contributed by atoms with Gasteiger partial charge in [-0.3, -0.25) is 0 Å². The molecule has 13 rings (SSSR count). The Morgan fingerprint density at radius 2 is 0.701 bits per heavy atom. The summed E-state index contributed by atoms with van der Waals surface area (Å²) >= 11 is 0. The lowest BCUT2D eigenvalue weighted by Gasteiger charge is -2.26. The van der Waals surface area contributed by atoms with E-state index in [0.29, 0.717) is 0 Å². The van der Waals surface area contributed by atoms with Gasteiger partial charge in [-0.15, -0.1) is 0 Å². The molecule has 67 heavy (non-hydrogen) atoms. The van der Waals surface area contributed by atoms with Crippen molar-refractivity contribution >= 4 is 71.4 Å². The average molecular weight is 854 g/mol. The summed E-state index contributed by atoms with van der Waals surface area (Å²) in [6.07, 6.45) is 0. The maximum Gasteiger partial charge on any atom is 0.0553 e. The number of fused-ring (bicyclic) bond motifs is 8. The number of rotatable bonds is 8. The second kappa shape index (κ2) is 16.0. The van der Waals surface area contributed by atoms with Gasteiger partial charge in [0.25, 0.3) is 0 Å². The summed E-state index contributed by atoms with van der Waals surface area (Å²) in [6.45, 7) is 0. The summed E-state index contributed by atoms with van der Waals surface area (Å²) in [5, 5.41) is 7.45. The highest BCUT2D eigenvalue weighted by atomic mass is 15.1. The van der Waals surface area contributed by atoms with Crippen LogP contribution in [-0.4, -0.2) is 9.13 Å². The largest absolute Gasteiger partial charge is 0.310 e. The predicted octanol–water partition coefficient (Wildman–Crippen LogP) is 17.5. The first-order valence-electron chi connectivity index (χ1n) is 23.0. The van der Waals surface area contributed by atoms with Crippen LogP contribution >= 0.6 is 0 Å². The van der Waals surface area contributed by atoms with Crippen LogP contribution in [0, 0.1) is 0 Å². The van der Waals surface area contributed by atoms with Crippen LogP contribution in [0.5, 0.6) is 0 Å². The number of benzene rings is 11. The molecule has 0 aliphatic carbocycles. The van der Waals surface area contributed by atoms with Crippen LogP contribution in [0.4, 0.5) is 17.1 Å². The Kier molecular flexibility index (Phi) is 9.17. The van der Waals surface area contributed by atoms with Gasteiger partial charge in [-0.25, -0.2) is 0 Å². The van der Waals surface area contributed by atoms with Crippen LogP contribution in [-0.2, 0) is 0 Å². The van der Waals surface area contributed by atoms with E-state index in [-0.39, 0.29) is 0 Å². The van der Waals surface area contributed by atoms with Crippen LogP contribution in [0.3, 0.4) is 0 Å². The SMILES string of the molecule is c1ccc(N(c2ccccc2)c2cccc(-c3cc(-c4ccc5c(c4)c4ccccc4n5-c4ccccc4)cc(-c4cc5c(c6ccccc46)c4ccccc4n5-c4ccccc4)c3)c2)cc1. The van der Waals surface area contributed by atoms with E-state index in [1.54, 1.807) is 0 Å². The van der Waals surface area contributed by atoms with Crippen LogP contribution in [0.2, 0.25) is 0 Å². The lowest BCUT2D eigenvalue weighted by molar-refractivity contribution is 1.18. The molecular weight excluding hydrogens is 811 g/mol. The molecule has 0 unspecified atom stereocenters. The zero-order valence-electron chi connectivity index (χ0n) is 36.7. The van der Waals surface area contributed by atoms with Crippen LogP contribution in [0.1, 0.15) is 0 Å². The summed E-state index contributed by atoms with van der Waals surface area (Å²) in [7, 11) is 0. The molecule has 3 heteroatoms. The number of anilines is 3. The predicted molar refractivity (Wildman–Crippen MR) is 284 cm³/mol. The number of hydrogen-bond acceptors (Lipinski definition) is 1. The number of nitrogens with zero attached hydrogens (tertiary/aromatic N) is 3. The Morgan fingerprint density at radius 1 is 0.239 bits per heavy atom. The molecule has 0 aliphatic rings. The van der Waals surface area contributed by atoms with E-state index in [0.717, 1.165) is 50.7 Å². The van der Waals surface area contributed by atoms with Crippen molar-refractivity contribution in [3.8, 4) is 44.8 Å². The topological polar surface area (TPSA) is 13.1 Å². The van der Waals surface area contributed by atoms with E-state index in [1.807, 2.05) is 0 Å². The molecule has 2 heterocycles. The molecule has 0 saturated carbocycles. The molecule has 13 aromatic rings. The Labute approximate surface area is 389 Å². The molecule has 11 aromatic carbocycles. The minimum atomic E-state index is 1.09. The molecular formula is C64H43N3. The third kappa shape index (κ3) is 6.51. The van der Waals surface area contributed by atoms with Gasteiger partial charge in [0.2, 0.25) is 0 Å². The van der Waals surface area contributed by atoms with E-state index in [2.05, 4.69) is 275 Å². The second-order valence-corrected chi connectivity index (χ2v) is 17.3. The number of hydrogen-bond donors (Lipinski definition) is 0. The van der Waals surface area contributed by atoms with E-state index >= 15 is 0 Å². The normalized spacial score (nSPS) is 11.6. The maximum absolute atomic E-state index is 2.44. The van der Waals surface area contributed by atoms with Crippen LogP contribution < -0.4 is 4.90 Å². The first-order chi connectivity index (χ1) is 33.2. The monoisotopic (exact) mass is 853 g/mol. The minimum Gasteiger partial charge on any atom is -0.310 e. The minimum absolute atomic E-state index is 1.09. The molecule has 0 aliphatic heterocycles. The van der Waals surface area contributed by atoms with Gasteiger partial charge in [-0.1, -0.05) is 152 Å². The van der Waals surface area contributed by atoms with Crippen molar-refractivity contribution in [1.29, 1.82) is 0 Å². The lowest BCUT2D eigenvalue weighted by atomic mass is 9.89. The third-order valence-electron chi connectivity index (χ3n) is 13.4. The fraction of sp³-hybridized carbons (Fsp3) is 0. The fourth-order valence-corrected chi connectivity index (χ4v) is 10.5. The standard InChI is InChI=1S/C64H43N3/c1-5-21-49(22-6-1)65(50-23-7-2-8-24-50)53-29-19-20-44(41-53)46-38-47(45-36-37-62-59(42-45)55-31-15-17-34-60(55)66(62)51-25-9-3-10-26-51)40-48(39-46)58-43-63-64(56-32-14-13-30-54(56)58)57-33-16-18-35-61(57)67(63)52-27-11-4-12-28-52/h1-43H. The van der Waals surface area contributed by atoms with Gasteiger partial charge in [0.15, 0.2) is 0 Å². The smallest absolute Gasteiger partial charge is 0.0553 e. The zero-order valence-corrected chi connectivity index (χ0v) is 36.7. The Hall–Kier alpha value is -8.92. The summed E-state index contributed by atoms with van der Waals surface area (Å²) in [4.78, 5) is 2.34. The summed E-state index contributed by atoms with van der Waals surface area (Å²) in [5.74, 6) is 0. The number of aromatic nitrogens is 2. The molecule has 2 aromatic heterocycles. The third-order valence-corrected chi connectivity index (χ3v) is 13.4. The summed E-state index contributed by atoms with van der Waals surface area (Å²) in [6, 6.07) is 95.0. The summed E-state index contributed by atoms with van der Waals surface area (Å²) in [5.41, 5.74) is 17.3. The van der Waals surface area contributed by atoms with Crippen molar-refractivity contribution in [2.45, 2.75) is 0 Å². The quantitative estimate of drug-likeness (QED) is 0.148. The lowest BCUT2D eigenvalue weighted by Crippen LogP contribution is -2.09. The highest BCUT2D eigenvalue weighted by Gasteiger charge is 2.20. The highest BCUT2D eigenvalue weighted by molar-refractivity contribution is 6.24. The van der Waals surface area contributed by atoms with Gasteiger partial charge in [0.1, 0.15) is 0 Å². The van der Waals surface area contributed by atoms with Crippen molar-refractivity contribution in [2.24, 2.45) is 0 Å². The second-order valence-electron chi connectivity index (χ2n) is 17.3. The molecule has 0 radical (unpaired) electrons. The molecule has 0 saturated heterocycles. The van der Waals surface area contributed by atoms with Gasteiger partial charge < -0.3 is 14.0 Å². The Balaban J connectivity index is 1.07. The van der Waals surface area contributed by atoms with Crippen molar-refractivity contribution in [1.82, 2.24) is 9.13 Å². The molecule has 0 fully saturated rings. The van der Waals surface area contributed by atoms with Gasteiger partial charge in [0.05, 0.1) is 22.1 Å². The fourth-order valence-electron chi connectivity index (χ4n) is 10.5.